The van der Waals surface area contributed by atoms with Gasteiger partial charge in [-0.05, 0) is 24.2 Å². The minimum atomic E-state index is -0.876. The van der Waals surface area contributed by atoms with Gasteiger partial charge in [-0.3, -0.25) is 4.79 Å². The number of likely N-dealkylation sites (tertiary alicyclic amines) is 1. The number of hydrogen-bond acceptors (Lipinski definition) is 2. The van der Waals surface area contributed by atoms with E-state index in [0.29, 0.717) is 11.8 Å². The van der Waals surface area contributed by atoms with Crippen LogP contribution in [0.5, 0.6) is 0 Å². The molecule has 3 unspecified atom stereocenters. The summed E-state index contributed by atoms with van der Waals surface area (Å²) in [5.74, 6) is 0.247. The van der Waals surface area contributed by atoms with Crippen LogP contribution in [0.1, 0.15) is 40.5 Å². The maximum atomic E-state index is 12.2. The summed E-state index contributed by atoms with van der Waals surface area (Å²) in [6.07, 6.45) is 1.12. The van der Waals surface area contributed by atoms with Crippen LogP contribution in [0.2, 0.25) is 0 Å². The highest BCUT2D eigenvalue weighted by Gasteiger charge is 2.28. The summed E-state index contributed by atoms with van der Waals surface area (Å²) < 4.78 is 0. The van der Waals surface area contributed by atoms with Crippen molar-refractivity contribution in [3.63, 3.8) is 0 Å². The van der Waals surface area contributed by atoms with E-state index in [2.05, 4.69) is 19.2 Å². The number of hydrogen-bond donors (Lipinski definition) is 2. The van der Waals surface area contributed by atoms with Crippen molar-refractivity contribution < 1.29 is 14.7 Å². The van der Waals surface area contributed by atoms with E-state index in [4.69, 9.17) is 5.11 Å². The standard InChI is InChI=1S/C14H26N2O3/c1-9(2)12(6-13(17)18)15-14(19)16-7-10(3)5-11(4)8-16/h9-12H,5-8H2,1-4H3,(H,15,19)(H,17,18). The number of carbonyl (C=O) groups is 2. The molecule has 0 aliphatic carbocycles. The Kier molecular flexibility index (Phi) is 5.63. The molecule has 2 N–H and O–H groups in total. The summed E-state index contributed by atoms with van der Waals surface area (Å²) in [4.78, 5) is 24.8. The zero-order valence-electron chi connectivity index (χ0n) is 12.3. The van der Waals surface area contributed by atoms with Crippen LogP contribution in [-0.4, -0.2) is 41.1 Å². The molecule has 0 aromatic carbocycles. The minimum Gasteiger partial charge on any atom is -0.481 e. The lowest BCUT2D eigenvalue weighted by Crippen LogP contribution is -2.51. The predicted octanol–water partition coefficient (Wildman–Crippen LogP) is 2.17. The van der Waals surface area contributed by atoms with Crippen molar-refractivity contribution in [1.82, 2.24) is 10.2 Å². The van der Waals surface area contributed by atoms with Crippen molar-refractivity contribution in [3.8, 4) is 0 Å². The molecule has 19 heavy (non-hydrogen) atoms. The van der Waals surface area contributed by atoms with E-state index in [9.17, 15) is 9.59 Å². The second-order valence-corrected chi connectivity index (χ2v) is 6.25. The van der Waals surface area contributed by atoms with E-state index in [1.165, 1.54) is 0 Å². The number of urea groups is 1. The molecule has 0 saturated carbocycles. The summed E-state index contributed by atoms with van der Waals surface area (Å²) >= 11 is 0. The van der Waals surface area contributed by atoms with Gasteiger partial charge in [0.25, 0.3) is 0 Å². The molecule has 0 radical (unpaired) electrons. The molecule has 0 aromatic rings. The van der Waals surface area contributed by atoms with Crippen molar-refractivity contribution in [2.45, 2.75) is 46.6 Å². The minimum absolute atomic E-state index is 0.0254. The maximum Gasteiger partial charge on any atom is 0.317 e. The van der Waals surface area contributed by atoms with Crippen LogP contribution in [0.15, 0.2) is 0 Å². The molecule has 5 nitrogen and oxygen atoms in total. The topological polar surface area (TPSA) is 69.6 Å². The van der Waals surface area contributed by atoms with E-state index in [1.807, 2.05) is 18.7 Å². The van der Waals surface area contributed by atoms with Crippen molar-refractivity contribution in [3.05, 3.63) is 0 Å². The van der Waals surface area contributed by atoms with Gasteiger partial charge in [0, 0.05) is 19.1 Å². The number of nitrogens with zero attached hydrogens (tertiary/aromatic N) is 1. The van der Waals surface area contributed by atoms with Gasteiger partial charge in [0.05, 0.1) is 6.42 Å². The van der Waals surface area contributed by atoms with Crippen LogP contribution in [0.3, 0.4) is 0 Å². The fourth-order valence-electron chi connectivity index (χ4n) is 2.72. The van der Waals surface area contributed by atoms with Crippen molar-refractivity contribution in [1.29, 1.82) is 0 Å². The first-order valence-electron chi connectivity index (χ1n) is 7.06. The highest BCUT2D eigenvalue weighted by molar-refractivity contribution is 5.76. The van der Waals surface area contributed by atoms with E-state index in [1.54, 1.807) is 0 Å². The largest absolute Gasteiger partial charge is 0.481 e. The average Bonchev–Trinajstić information content (AvgIpc) is 2.25. The van der Waals surface area contributed by atoms with Gasteiger partial charge < -0.3 is 15.3 Å². The van der Waals surface area contributed by atoms with Crippen LogP contribution in [-0.2, 0) is 4.79 Å². The lowest BCUT2D eigenvalue weighted by molar-refractivity contribution is -0.137. The fourth-order valence-corrected chi connectivity index (χ4v) is 2.72. The third-order valence-electron chi connectivity index (χ3n) is 3.66. The van der Waals surface area contributed by atoms with Gasteiger partial charge in [-0.2, -0.15) is 0 Å². The zero-order chi connectivity index (χ0) is 14.6. The molecule has 0 spiro atoms. The van der Waals surface area contributed by atoms with E-state index in [0.717, 1.165) is 19.5 Å². The van der Waals surface area contributed by atoms with Crippen molar-refractivity contribution >= 4 is 12.0 Å². The Hall–Kier alpha value is -1.26. The van der Waals surface area contributed by atoms with Crippen molar-refractivity contribution in [2.24, 2.45) is 17.8 Å². The highest BCUT2D eigenvalue weighted by atomic mass is 16.4. The van der Waals surface area contributed by atoms with Crippen LogP contribution in [0.4, 0.5) is 4.79 Å². The molecule has 2 amide bonds. The third kappa shape index (κ3) is 5.09. The highest BCUT2D eigenvalue weighted by Crippen LogP contribution is 2.21. The Morgan fingerprint density at radius 2 is 1.79 bits per heavy atom. The molecule has 1 rings (SSSR count). The van der Waals surface area contributed by atoms with Gasteiger partial charge in [0.15, 0.2) is 0 Å². The van der Waals surface area contributed by atoms with E-state index >= 15 is 0 Å². The van der Waals surface area contributed by atoms with Crippen LogP contribution < -0.4 is 5.32 Å². The predicted molar refractivity (Wildman–Crippen MR) is 73.9 cm³/mol. The number of piperidine rings is 1. The molecule has 3 atom stereocenters. The van der Waals surface area contributed by atoms with Gasteiger partial charge in [0.2, 0.25) is 0 Å². The number of nitrogens with one attached hydrogen (secondary N) is 1. The lowest BCUT2D eigenvalue weighted by atomic mass is 9.92. The molecule has 1 aliphatic heterocycles. The molecule has 5 heteroatoms. The van der Waals surface area contributed by atoms with E-state index in [-0.39, 0.29) is 24.4 Å². The average molecular weight is 270 g/mol. The number of carboxylic acid groups (broad SMARTS) is 1. The number of amides is 2. The SMILES string of the molecule is CC1CC(C)CN(C(=O)NC(CC(=O)O)C(C)C)C1. The quantitative estimate of drug-likeness (QED) is 0.822. The molecular formula is C14H26N2O3. The third-order valence-corrected chi connectivity index (χ3v) is 3.66. The first-order chi connectivity index (χ1) is 8.79. The van der Waals surface area contributed by atoms with Gasteiger partial charge >= 0.3 is 12.0 Å². The Morgan fingerprint density at radius 3 is 2.21 bits per heavy atom. The smallest absolute Gasteiger partial charge is 0.317 e. The summed E-state index contributed by atoms with van der Waals surface area (Å²) in [5, 5.41) is 11.7. The molecule has 0 aromatic heterocycles. The molecule has 1 fully saturated rings. The summed E-state index contributed by atoms with van der Waals surface area (Å²) in [6.45, 7) is 9.66. The summed E-state index contributed by atoms with van der Waals surface area (Å²) in [5.41, 5.74) is 0. The Bertz CT molecular complexity index is 321. The molecule has 110 valence electrons. The molecule has 1 aliphatic rings. The van der Waals surface area contributed by atoms with Gasteiger partial charge in [-0.1, -0.05) is 27.7 Å². The first-order valence-corrected chi connectivity index (χ1v) is 7.06. The number of carbonyl (C=O) groups excluding carboxylic acids is 1. The Balaban J connectivity index is 2.58. The molecule has 1 heterocycles. The second kappa shape index (κ2) is 6.78. The molecule has 0 bridgehead atoms. The number of aliphatic carboxylic acids is 1. The van der Waals surface area contributed by atoms with Gasteiger partial charge in [-0.15, -0.1) is 0 Å². The Morgan fingerprint density at radius 1 is 1.26 bits per heavy atom. The normalized spacial score (nSPS) is 25.2. The van der Waals surface area contributed by atoms with Crippen LogP contribution in [0, 0.1) is 17.8 Å². The summed E-state index contributed by atoms with van der Waals surface area (Å²) in [7, 11) is 0. The van der Waals surface area contributed by atoms with Crippen LogP contribution >= 0.6 is 0 Å². The van der Waals surface area contributed by atoms with Gasteiger partial charge in [-0.25, -0.2) is 4.79 Å². The van der Waals surface area contributed by atoms with Crippen molar-refractivity contribution in [2.75, 3.05) is 13.1 Å². The monoisotopic (exact) mass is 270 g/mol. The van der Waals surface area contributed by atoms with E-state index < -0.39 is 5.97 Å². The molecule has 1 saturated heterocycles. The second-order valence-electron chi connectivity index (χ2n) is 6.25. The number of carboxylic acids is 1. The Labute approximate surface area is 115 Å². The molecular weight excluding hydrogens is 244 g/mol. The summed E-state index contributed by atoms with van der Waals surface area (Å²) in [6, 6.07) is -0.434. The fraction of sp³-hybridized carbons (Fsp3) is 0.857. The first kappa shape index (κ1) is 15.8. The maximum absolute atomic E-state index is 12.2. The number of rotatable bonds is 4. The lowest BCUT2D eigenvalue weighted by Gasteiger charge is -2.36. The van der Waals surface area contributed by atoms with Gasteiger partial charge in [0.1, 0.15) is 0 Å². The van der Waals surface area contributed by atoms with Crippen LogP contribution in [0.25, 0.3) is 0 Å². The zero-order valence-corrected chi connectivity index (χ0v) is 12.3.